The molecule has 3 heterocycles. The van der Waals surface area contributed by atoms with Crippen LogP contribution in [0.1, 0.15) is 36.5 Å². The van der Waals surface area contributed by atoms with Gasteiger partial charge in [0.25, 0.3) is 0 Å². The molecule has 1 aromatic rings. The highest BCUT2D eigenvalue weighted by molar-refractivity contribution is 7.15. The van der Waals surface area contributed by atoms with Crippen LogP contribution in [0.25, 0.3) is 0 Å². The van der Waals surface area contributed by atoms with Gasteiger partial charge in [-0.1, -0.05) is 11.3 Å². The van der Waals surface area contributed by atoms with Crippen LogP contribution >= 0.6 is 11.3 Å². The summed E-state index contributed by atoms with van der Waals surface area (Å²) in [5, 5.41) is 14.7. The summed E-state index contributed by atoms with van der Waals surface area (Å²) in [4.78, 5) is 16.7. The van der Waals surface area contributed by atoms with Gasteiger partial charge in [0.2, 0.25) is 0 Å². The number of hydrogen-bond acceptors (Lipinski definition) is 5. The normalized spacial score (nSPS) is 28.1. The zero-order chi connectivity index (χ0) is 14.4. The van der Waals surface area contributed by atoms with Crippen LogP contribution in [0.5, 0.6) is 0 Å². The summed E-state index contributed by atoms with van der Waals surface area (Å²) in [6, 6.07) is 3.60. The van der Waals surface area contributed by atoms with E-state index in [2.05, 4.69) is 5.32 Å². The summed E-state index contributed by atoms with van der Waals surface area (Å²) in [6.07, 6.45) is 4.43. The van der Waals surface area contributed by atoms with E-state index in [1.54, 1.807) is 6.07 Å². The smallest absolute Gasteiger partial charge is 0.313 e. The van der Waals surface area contributed by atoms with E-state index in [4.69, 9.17) is 4.99 Å². The van der Waals surface area contributed by atoms with Crippen molar-refractivity contribution in [3.63, 3.8) is 0 Å². The van der Waals surface area contributed by atoms with Crippen LogP contribution in [-0.2, 0) is 0 Å². The van der Waals surface area contributed by atoms with Gasteiger partial charge in [-0.3, -0.25) is 15.1 Å². The predicted molar refractivity (Wildman–Crippen MR) is 83.0 cm³/mol. The Hall–Kier alpha value is -1.53. The molecule has 0 radical (unpaired) electrons. The molecule has 5 nitrogen and oxygen atoms in total. The second kappa shape index (κ2) is 5.03. The van der Waals surface area contributed by atoms with Gasteiger partial charge < -0.3 is 5.32 Å². The Morgan fingerprint density at radius 2 is 2.29 bits per heavy atom. The topological polar surface area (TPSA) is 67.5 Å². The van der Waals surface area contributed by atoms with E-state index < -0.39 is 0 Å². The summed E-state index contributed by atoms with van der Waals surface area (Å²) in [7, 11) is 0. The minimum absolute atomic E-state index is 0.248. The lowest BCUT2D eigenvalue weighted by Crippen LogP contribution is -2.33. The van der Waals surface area contributed by atoms with Crippen molar-refractivity contribution in [2.45, 2.75) is 31.6 Å². The van der Waals surface area contributed by atoms with Crippen LogP contribution in [0, 0.1) is 16.0 Å². The summed E-state index contributed by atoms with van der Waals surface area (Å²) in [6.45, 7) is 1.86. The number of nitrogens with zero attached hydrogens (tertiary/aromatic N) is 2. The Morgan fingerprint density at radius 3 is 3.10 bits per heavy atom. The van der Waals surface area contributed by atoms with Crippen LogP contribution in [0.2, 0.25) is 0 Å². The lowest BCUT2D eigenvalue weighted by molar-refractivity contribution is -0.380. The largest absolute Gasteiger partial charge is 0.324 e. The quantitative estimate of drug-likeness (QED) is 0.673. The van der Waals surface area contributed by atoms with E-state index in [0.29, 0.717) is 11.8 Å². The van der Waals surface area contributed by atoms with Crippen molar-refractivity contribution in [2.24, 2.45) is 10.9 Å². The maximum atomic E-state index is 11.0. The van der Waals surface area contributed by atoms with Crippen molar-refractivity contribution < 1.29 is 4.92 Å². The van der Waals surface area contributed by atoms with Crippen molar-refractivity contribution in [1.29, 1.82) is 0 Å². The second-order valence-electron chi connectivity index (χ2n) is 5.91. The fourth-order valence-electron chi connectivity index (χ4n) is 3.86. The first kappa shape index (κ1) is 13.2. The van der Waals surface area contributed by atoms with Crippen molar-refractivity contribution in [1.82, 2.24) is 5.32 Å². The highest BCUT2D eigenvalue weighted by Crippen LogP contribution is 2.48. The average Bonchev–Trinajstić information content (AvgIpc) is 3.13. The average molecular weight is 303 g/mol. The Balaban J connectivity index is 1.78. The summed E-state index contributed by atoms with van der Waals surface area (Å²) in [5.41, 5.74) is 3.94. The van der Waals surface area contributed by atoms with Gasteiger partial charge in [0, 0.05) is 53.7 Å². The number of hydrogen-bond donors (Lipinski definition) is 1. The van der Waals surface area contributed by atoms with Crippen molar-refractivity contribution in [3.8, 4) is 0 Å². The minimum Gasteiger partial charge on any atom is -0.313 e. The number of fused-ring (bicyclic) bond motifs is 1. The third kappa shape index (κ3) is 2.13. The van der Waals surface area contributed by atoms with Crippen molar-refractivity contribution >= 4 is 22.0 Å². The standard InChI is InChI=1S/C15H17N3O2S/c19-18(20)14-5-4-13(21-14)15-9-2-1-3-11(9)17-12-6-7-16-8-10(12)15/h4-5,9,15-16H,1-3,6-8H2. The Kier molecular flexibility index (Phi) is 3.15. The van der Waals surface area contributed by atoms with Gasteiger partial charge in [0.1, 0.15) is 0 Å². The van der Waals surface area contributed by atoms with E-state index in [-0.39, 0.29) is 9.92 Å². The highest BCUT2D eigenvalue weighted by Gasteiger charge is 2.39. The van der Waals surface area contributed by atoms with E-state index in [1.807, 2.05) is 6.07 Å². The molecule has 0 bridgehead atoms. The van der Waals surface area contributed by atoms with Gasteiger partial charge in [-0.15, -0.1) is 0 Å². The molecular weight excluding hydrogens is 286 g/mol. The van der Waals surface area contributed by atoms with E-state index in [9.17, 15) is 10.1 Å². The van der Waals surface area contributed by atoms with Crippen LogP contribution < -0.4 is 5.32 Å². The van der Waals surface area contributed by atoms with Gasteiger partial charge in [0.15, 0.2) is 0 Å². The SMILES string of the molecule is O=[N+]([O-])c1ccc(C2C3=C(CCNC3)N=C3CCCC32)s1. The maximum Gasteiger partial charge on any atom is 0.324 e. The van der Waals surface area contributed by atoms with Gasteiger partial charge >= 0.3 is 5.00 Å². The number of nitrogens with one attached hydrogen (secondary N) is 1. The Bertz CT molecular complexity index is 662. The third-order valence-corrected chi connectivity index (χ3v) is 5.88. The summed E-state index contributed by atoms with van der Waals surface area (Å²) >= 11 is 1.34. The van der Waals surface area contributed by atoms with Crippen LogP contribution in [0.3, 0.4) is 0 Å². The molecule has 6 heteroatoms. The number of rotatable bonds is 2. The summed E-state index contributed by atoms with van der Waals surface area (Å²) < 4.78 is 0. The Morgan fingerprint density at radius 1 is 1.38 bits per heavy atom. The first-order chi connectivity index (χ1) is 10.2. The van der Waals surface area contributed by atoms with E-state index >= 15 is 0 Å². The molecule has 1 aromatic heterocycles. The lowest BCUT2D eigenvalue weighted by atomic mass is 9.78. The molecule has 0 amide bonds. The summed E-state index contributed by atoms with van der Waals surface area (Å²) in [5.74, 6) is 0.767. The van der Waals surface area contributed by atoms with E-state index in [1.165, 1.54) is 34.7 Å². The molecule has 2 aliphatic heterocycles. The molecule has 0 aromatic carbocycles. The number of nitro groups is 1. The molecule has 3 aliphatic rings. The van der Waals surface area contributed by atoms with Gasteiger partial charge in [-0.2, -0.15) is 0 Å². The van der Waals surface area contributed by atoms with Crippen molar-refractivity contribution in [3.05, 3.63) is 38.4 Å². The molecular formula is C15H17N3O2S. The monoisotopic (exact) mass is 303 g/mol. The molecule has 1 fully saturated rings. The fourth-order valence-corrected chi connectivity index (χ4v) is 4.88. The number of thiophene rings is 1. The van der Waals surface area contributed by atoms with Gasteiger partial charge in [-0.25, -0.2) is 0 Å². The molecule has 1 aliphatic carbocycles. The van der Waals surface area contributed by atoms with Crippen LogP contribution in [-0.4, -0.2) is 23.7 Å². The molecule has 0 spiro atoms. The first-order valence-electron chi connectivity index (χ1n) is 7.48. The van der Waals surface area contributed by atoms with Gasteiger partial charge in [0.05, 0.1) is 4.92 Å². The molecule has 21 heavy (non-hydrogen) atoms. The minimum atomic E-state index is -0.283. The molecule has 2 atom stereocenters. The molecule has 0 saturated heterocycles. The third-order valence-electron chi connectivity index (χ3n) is 4.76. The zero-order valence-corrected chi connectivity index (χ0v) is 12.5. The molecule has 110 valence electrons. The van der Waals surface area contributed by atoms with E-state index in [0.717, 1.165) is 37.2 Å². The zero-order valence-electron chi connectivity index (χ0n) is 11.7. The Labute approximate surface area is 126 Å². The van der Waals surface area contributed by atoms with Crippen molar-refractivity contribution in [2.75, 3.05) is 13.1 Å². The number of aliphatic imine (C=N–C) groups is 1. The first-order valence-corrected chi connectivity index (χ1v) is 8.30. The lowest BCUT2D eigenvalue weighted by Gasteiger charge is -2.34. The van der Waals surface area contributed by atoms with Crippen LogP contribution in [0.4, 0.5) is 5.00 Å². The predicted octanol–water partition coefficient (Wildman–Crippen LogP) is 3.24. The van der Waals surface area contributed by atoms with Crippen LogP contribution in [0.15, 0.2) is 28.4 Å². The highest BCUT2D eigenvalue weighted by atomic mass is 32.1. The second-order valence-corrected chi connectivity index (χ2v) is 7.01. The molecule has 1 saturated carbocycles. The molecule has 4 rings (SSSR count). The molecule has 2 unspecified atom stereocenters. The fraction of sp³-hybridized carbons (Fsp3) is 0.533. The molecule has 1 N–H and O–H groups in total. The van der Waals surface area contributed by atoms with Gasteiger partial charge in [-0.05, 0) is 30.9 Å². The maximum absolute atomic E-state index is 11.0.